The zero-order valence-electron chi connectivity index (χ0n) is 13.9. The normalized spacial score (nSPS) is 11.8. The van der Waals surface area contributed by atoms with Gasteiger partial charge in [0.05, 0.1) is 0 Å². The summed E-state index contributed by atoms with van der Waals surface area (Å²) in [5, 5.41) is 3.66. The average molecular weight is 364 g/mol. The highest BCUT2D eigenvalue weighted by atomic mass is 35.5. The second-order valence-corrected chi connectivity index (χ2v) is 7.04. The van der Waals surface area contributed by atoms with Crippen LogP contribution < -0.4 is 10.1 Å². The molecule has 0 fully saturated rings. The van der Waals surface area contributed by atoms with Gasteiger partial charge in [0, 0.05) is 23.1 Å². The van der Waals surface area contributed by atoms with Gasteiger partial charge in [-0.3, -0.25) is 4.79 Å². The van der Waals surface area contributed by atoms with Gasteiger partial charge in [0.2, 0.25) is 0 Å². The van der Waals surface area contributed by atoms with Crippen LogP contribution in [-0.4, -0.2) is 24.3 Å². The standard InChI is InChI=1S/C19H22ClNO2S/c1-14-5-3-4-6-18(14)23-15(2)19(22)21-11-12-24-13-16-7-9-17(20)10-8-16/h3-10,15H,11-13H2,1-2H3,(H,21,22)/t15-/m0/s1. The molecule has 2 aromatic carbocycles. The molecule has 1 amide bonds. The molecule has 1 N–H and O–H groups in total. The molecule has 2 rings (SSSR count). The Labute approximate surface area is 152 Å². The summed E-state index contributed by atoms with van der Waals surface area (Å²) in [4.78, 5) is 12.1. The molecule has 0 unspecified atom stereocenters. The third-order valence-corrected chi connectivity index (χ3v) is 4.78. The number of carbonyl (C=O) groups is 1. The Morgan fingerprint density at radius 2 is 1.92 bits per heavy atom. The summed E-state index contributed by atoms with van der Waals surface area (Å²) in [6.45, 7) is 4.36. The van der Waals surface area contributed by atoms with Crippen molar-refractivity contribution in [1.82, 2.24) is 5.32 Å². The highest BCUT2D eigenvalue weighted by Gasteiger charge is 2.14. The first kappa shape index (κ1) is 18.7. The van der Waals surface area contributed by atoms with Crippen LogP contribution in [0.2, 0.25) is 5.02 Å². The molecular weight excluding hydrogens is 342 g/mol. The number of hydrogen-bond acceptors (Lipinski definition) is 3. The number of aryl methyl sites for hydroxylation is 1. The SMILES string of the molecule is Cc1ccccc1O[C@@H](C)C(=O)NCCSCc1ccc(Cl)cc1. The Balaban J connectivity index is 1.65. The zero-order valence-corrected chi connectivity index (χ0v) is 15.5. The Hall–Kier alpha value is -1.65. The van der Waals surface area contributed by atoms with Crippen molar-refractivity contribution in [3.05, 3.63) is 64.7 Å². The van der Waals surface area contributed by atoms with E-state index in [9.17, 15) is 4.79 Å². The molecule has 0 aromatic heterocycles. The molecule has 0 saturated heterocycles. The minimum Gasteiger partial charge on any atom is -0.481 e. The summed E-state index contributed by atoms with van der Waals surface area (Å²) in [5.74, 6) is 2.41. The Bertz CT molecular complexity index is 661. The molecular formula is C19H22ClNO2S. The zero-order chi connectivity index (χ0) is 17.4. The minimum absolute atomic E-state index is 0.0923. The molecule has 0 aliphatic rings. The molecule has 0 heterocycles. The van der Waals surface area contributed by atoms with E-state index in [-0.39, 0.29) is 5.91 Å². The largest absolute Gasteiger partial charge is 0.481 e. The quantitative estimate of drug-likeness (QED) is 0.703. The molecule has 2 aromatic rings. The summed E-state index contributed by atoms with van der Waals surface area (Å²) in [6.07, 6.45) is -0.507. The molecule has 0 bridgehead atoms. The highest BCUT2D eigenvalue weighted by Crippen LogP contribution is 2.18. The third kappa shape index (κ3) is 6.10. The van der Waals surface area contributed by atoms with E-state index in [4.69, 9.17) is 16.3 Å². The van der Waals surface area contributed by atoms with Crippen molar-refractivity contribution in [2.45, 2.75) is 25.7 Å². The average Bonchev–Trinajstić information content (AvgIpc) is 2.58. The molecule has 1 atom stereocenters. The van der Waals surface area contributed by atoms with E-state index in [1.54, 1.807) is 18.7 Å². The lowest BCUT2D eigenvalue weighted by Crippen LogP contribution is -2.37. The maximum atomic E-state index is 12.1. The first-order chi connectivity index (χ1) is 11.6. The van der Waals surface area contributed by atoms with Gasteiger partial charge in [-0.15, -0.1) is 0 Å². The fraction of sp³-hybridized carbons (Fsp3) is 0.316. The van der Waals surface area contributed by atoms with Crippen molar-refractivity contribution in [2.24, 2.45) is 0 Å². The molecule has 128 valence electrons. The van der Waals surface area contributed by atoms with Gasteiger partial charge in [-0.25, -0.2) is 0 Å². The molecule has 3 nitrogen and oxygen atoms in total. The monoisotopic (exact) mass is 363 g/mol. The second kappa shape index (κ2) is 9.60. The maximum absolute atomic E-state index is 12.1. The van der Waals surface area contributed by atoms with Gasteiger partial charge in [-0.05, 0) is 43.2 Å². The van der Waals surface area contributed by atoms with Crippen molar-refractivity contribution >= 4 is 29.3 Å². The van der Waals surface area contributed by atoms with E-state index < -0.39 is 6.10 Å². The number of amides is 1. The van der Waals surface area contributed by atoms with Gasteiger partial charge in [-0.1, -0.05) is 41.9 Å². The number of ether oxygens (including phenoxy) is 1. The fourth-order valence-corrected chi connectivity index (χ4v) is 3.04. The first-order valence-electron chi connectivity index (χ1n) is 7.88. The summed E-state index contributed by atoms with van der Waals surface area (Å²) in [7, 11) is 0. The molecule has 0 aliphatic heterocycles. The number of para-hydroxylation sites is 1. The Kier molecular flexibility index (Phi) is 7.47. The van der Waals surface area contributed by atoms with Crippen LogP contribution in [0.15, 0.2) is 48.5 Å². The first-order valence-corrected chi connectivity index (χ1v) is 9.41. The maximum Gasteiger partial charge on any atom is 0.260 e. The molecule has 5 heteroatoms. The lowest BCUT2D eigenvalue weighted by molar-refractivity contribution is -0.127. The smallest absolute Gasteiger partial charge is 0.260 e. The van der Waals surface area contributed by atoms with Crippen molar-refractivity contribution in [3.63, 3.8) is 0 Å². The highest BCUT2D eigenvalue weighted by molar-refractivity contribution is 7.98. The van der Waals surface area contributed by atoms with E-state index in [0.717, 1.165) is 27.8 Å². The number of nitrogens with one attached hydrogen (secondary N) is 1. The van der Waals surface area contributed by atoms with Crippen molar-refractivity contribution in [1.29, 1.82) is 0 Å². The lowest BCUT2D eigenvalue weighted by atomic mass is 10.2. The van der Waals surface area contributed by atoms with Crippen LogP contribution in [0.25, 0.3) is 0 Å². The van der Waals surface area contributed by atoms with Crippen molar-refractivity contribution in [3.8, 4) is 5.75 Å². The van der Waals surface area contributed by atoms with Crippen LogP contribution in [0.4, 0.5) is 0 Å². The summed E-state index contributed by atoms with van der Waals surface area (Å²) < 4.78 is 5.71. The summed E-state index contributed by atoms with van der Waals surface area (Å²) in [5.41, 5.74) is 2.25. The predicted molar refractivity (Wildman–Crippen MR) is 102 cm³/mol. The summed E-state index contributed by atoms with van der Waals surface area (Å²) in [6, 6.07) is 15.5. The minimum atomic E-state index is -0.507. The fourth-order valence-electron chi connectivity index (χ4n) is 2.09. The van der Waals surface area contributed by atoms with E-state index in [1.165, 1.54) is 5.56 Å². The number of rotatable bonds is 8. The molecule has 0 spiro atoms. The van der Waals surface area contributed by atoms with Crippen LogP contribution >= 0.6 is 23.4 Å². The number of benzene rings is 2. The lowest BCUT2D eigenvalue weighted by Gasteiger charge is -2.16. The predicted octanol–water partition coefficient (Wildman–Crippen LogP) is 4.47. The van der Waals surface area contributed by atoms with Crippen LogP contribution in [0.1, 0.15) is 18.1 Å². The van der Waals surface area contributed by atoms with Crippen molar-refractivity contribution < 1.29 is 9.53 Å². The van der Waals surface area contributed by atoms with E-state index in [0.29, 0.717) is 6.54 Å². The van der Waals surface area contributed by atoms with E-state index >= 15 is 0 Å². The van der Waals surface area contributed by atoms with E-state index in [2.05, 4.69) is 5.32 Å². The second-order valence-electron chi connectivity index (χ2n) is 5.50. The molecule has 0 aliphatic carbocycles. The molecule has 24 heavy (non-hydrogen) atoms. The van der Waals surface area contributed by atoms with Crippen molar-refractivity contribution in [2.75, 3.05) is 12.3 Å². The summed E-state index contributed by atoms with van der Waals surface area (Å²) >= 11 is 7.64. The number of carbonyl (C=O) groups excluding carboxylic acids is 1. The van der Waals surface area contributed by atoms with Crippen LogP contribution in [0, 0.1) is 6.92 Å². The van der Waals surface area contributed by atoms with E-state index in [1.807, 2.05) is 55.5 Å². The number of thioether (sulfide) groups is 1. The Morgan fingerprint density at radius 3 is 2.62 bits per heavy atom. The third-order valence-electron chi connectivity index (χ3n) is 3.49. The van der Waals surface area contributed by atoms with Crippen LogP contribution in [-0.2, 0) is 10.5 Å². The molecule has 0 radical (unpaired) electrons. The van der Waals surface area contributed by atoms with Gasteiger partial charge < -0.3 is 10.1 Å². The number of hydrogen-bond donors (Lipinski definition) is 1. The van der Waals surface area contributed by atoms with Gasteiger partial charge in [0.1, 0.15) is 5.75 Å². The van der Waals surface area contributed by atoms with Crippen LogP contribution in [0.5, 0.6) is 5.75 Å². The number of halogens is 1. The van der Waals surface area contributed by atoms with Gasteiger partial charge in [-0.2, -0.15) is 11.8 Å². The van der Waals surface area contributed by atoms with Gasteiger partial charge in [0.25, 0.3) is 5.91 Å². The Morgan fingerprint density at radius 1 is 1.21 bits per heavy atom. The molecule has 0 saturated carbocycles. The van der Waals surface area contributed by atoms with Gasteiger partial charge in [0.15, 0.2) is 6.10 Å². The topological polar surface area (TPSA) is 38.3 Å². The van der Waals surface area contributed by atoms with Crippen LogP contribution in [0.3, 0.4) is 0 Å². The van der Waals surface area contributed by atoms with Gasteiger partial charge >= 0.3 is 0 Å².